The number of aryl methyl sites for hydroxylation is 1. The lowest BCUT2D eigenvalue weighted by Gasteiger charge is -2.18. The number of hydrogen-bond acceptors (Lipinski definition) is 5. The van der Waals surface area contributed by atoms with E-state index >= 15 is 0 Å². The predicted octanol–water partition coefficient (Wildman–Crippen LogP) is 3.15. The first kappa shape index (κ1) is 26.5. The maximum atomic E-state index is 13.9. The van der Waals surface area contributed by atoms with Gasteiger partial charge in [-0.25, -0.2) is 8.78 Å². The zero-order valence-corrected chi connectivity index (χ0v) is 20.8. The minimum Gasteiger partial charge on any atom is -0.487 e. The topological polar surface area (TPSA) is 107 Å². The minimum atomic E-state index is -0.915. The Hall–Kier alpha value is -3.08. The SMILES string of the molecule is Cc1cc(OCc2ccc(F)cc2F)c(Br)c(=O)n1Cc1ccc(CN[C@H](C(N)=O)C(C)O)cc1. The largest absolute Gasteiger partial charge is 0.487 e. The number of ether oxygens (including phenoxy) is 1. The van der Waals surface area contributed by atoms with Crippen molar-refractivity contribution in [3.8, 4) is 5.75 Å². The number of nitrogens with one attached hydrogen (secondary N) is 1. The third-order valence-corrected chi connectivity index (χ3v) is 6.22. The highest BCUT2D eigenvalue weighted by molar-refractivity contribution is 9.10. The van der Waals surface area contributed by atoms with E-state index in [0.29, 0.717) is 18.8 Å². The van der Waals surface area contributed by atoms with Crippen LogP contribution in [0, 0.1) is 18.6 Å². The van der Waals surface area contributed by atoms with E-state index in [2.05, 4.69) is 21.2 Å². The molecule has 10 heteroatoms. The molecule has 0 aliphatic rings. The molecule has 186 valence electrons. The van der Waals surface area contributed by atoms with Crippen LogP contribution >= 0.6 is 15.9 Å². The molecule has 0 aliphatic carbocycles. The molecule has 3 rings (SSSR count). The number of hydrogen-bond donors (Lipinski definition) is 3. The van der Waals surface area contributed by atoms with E-state index in [1.165, 1.54) is 13.0 Å². The van der Waals surface area contributed by atoms with Crippen LogP contribution in [0.4, 0.5) is 8.78 Å². The minimum absolute atomic E-state index is 0.158. The first-order valence-corrected chi connectivity index (χ1v) is 11.6. The third-order valence-electron chi connectivity index (χ3n) is 5.49. The Morgan fingerprint density at radius 1 is 1.17 bits per heavy atom. The second kappa shape index (κ2) is 11.6. The van der Waals surface area contributed by atoms with Crippen LogP contribution in [0.1, 0.15) is 29.3 Å². The number of pyridine rings is 1. The number of halogens is 3. The summed E-state index contributed by atoms with van der Waals surface area (Å²) in [5.41, 5.74) is 7.53. The van der Waals surface area contributed by atoms with E-state index in [1.807, 2.05) is 24.3 Å². The van der Waals surface area contributed by atoms with Crippen LogP contribution in [-0.4, -0.2) is 27.7 Å². The molecule has 1 heterocycles. The van der Waals surface area contributed by atoms with Crippen LogP contribution in [0.25, 0.3) is 0 Å². The molecule has 35 heavy (non-hydrogen) atoms. The molecule has 0 saturated heterocycles. The molecule has 0 radical (unpaired) electrons. The Morgan fingerprint density at radius 2 is 1.83 bits per heavy atom. The molecule has 3 aromatic rings. The van der Waals surface area contributed by atoms with Crippen LogP contribution in [0.15, 0.2) is 57.8 Å². The first-order valence-electron chi connectivity index (χ1n) is 10.8. The lowest BCUT2D eigenvalue weighted by atomic mass is 10.1. The number of aliphatic hydroxyl groups excluding tert-OH is 1. The predicted molar refractivity (Wildman–Crippen MR) is 131 cm³/mol. The Bertz CT molecular complexity index is 1260. The first-order chi connectivity index (χ1) is 16.6. The van der Waals surface area contributed by atoms with Gasteiger partial charge in [0.25, 0.3) is 5.56 Å². The van der Waals surface area contributed by atoms with E-state index in [9.17, 15) is 23.5 Å². The Kier molecular flexibility index (Phi) is 8.76. The molecule has 0 bridgehead atoms. The van der Waals surface area contributed by atoms with Gasteiger partial charge in [0.05, 0.1) is 12.6 Å². The smallest absolute Gasteiger partial charge is 0.269 e. The molecule has 1 amide bonds. The molecule has 1 aromatic heterocycles. The maximum absolute atomic E-state index is 13.9. The summed E-state index contributed by atoms with van der Waals surface area (Å²) in [6.45, 7) is 3.73. The molecule has 0 fully saturated rings. The van der Waals surface area contributed by atoms with Gasteiger partial charge in [-0.15, -0.1) is 0 Å². The van der Waals surface area contributed by atoms with Gasteiger partial charge >= 0.3 is 0 Å². The lowest BCUT2D eigenvalue weighted by molar-refractivity contribution is -0.122. The van der Waals surface area contributed by atoms with E-state index < -0.39 is 29.7 Å². The summed E-state index contributed by atoms with van der Waals surface area (Å²) in [5, 5.41) is 12.6. The number of carbonyl (C=O) groups is 1. The van der Waals surface area contributed by atoms with Gasteiger partial charge in [-0.2, -0.15) is 0 Å². The van der Waals surface area contributed by atoms with E-state index in [0.717, 1.165) is 23.3 Å². The summed E-state index contributed by atoms with van der Waals surface area (Å²) in [4.78, 5) is 24.3. The molecule has 0 spiro atoms. The molecular weight excluding hydrogens is 524 g/mol. The van der Waals surface area contributed by atoms with Crippen molar-refractivity contribution in [2.75, 3.05) is 0 Å². The summed E-state index contributed by atoms with van der Waals surface area (Å²) in [6, 6.07) is 11.5. The van der Waals surface area contributed by atoms with Crippen LogP contribution < -0.4 is 21.3 Å². The number of primary amides is 1. The van der Waals surface area contributed by atoms with Crippen LogP contribution in [0.3, 0.4) is 0 Å². The van der Waals surface area contributed by atoms with Gasteiger partial charge < -0.3 is 20.1 Å². The highest BCUT2D eigenvalue weighted by Crippen LogP contribution is 2.24. The van der Waals surface area contributed by atoms with E-state index in [-0.39, 0.29) is 28.0 Å². The number of rotatable bonds is 10. The normalized spacial score (nSPS) is 12.9. The number of aliphatic hydroxyl groups is 1. The summed E-state index contributed by atoms with van der Waals surface area (Å²) in [5.74, 6) is -1.77. The fourth-order valence-corrected chi connectivity index (χ4v) is 3.94. The number of amides is 1. The molecule has 2 atom stereocenters. The zero-order chi connectivity index (χ0) is 25.7. The fourth-order valence-electron chi connectivity index (χ4n) is 3.49. The van der Waals surface area contributed by atoms with Crippen LogP contribution in [-0.2, 0) is 24.5 Å². The van der Waals surface area contributed by atoms with Crippen molar-refractivity contribution in [2.24, 2.45) is 5.73 Å². The summed E-state index contributed by atoms with van der Waals surface area (Å²) >= 11 is 3.27. The number of nitrogens with two attached hydrogens (primary N) is 1. The molecule has 7 nitrogen and oxygen atoms in total. The average molecular weight is 550 g/mol. The Balaban J connectivity index is 1.70. The number of benzene rings is 2. The average Bonchev–Trinajstić information content (AvgIpc) is 2.79. The highest BCUT2D eigenvalue weighted by atomic mass is 79.9. The number of carbonyl (C=O) groups excluding carboxylic acids is 1. The molecule has 0 saturated carbocycles. The second-order valence-electron chi connectivity index (χ2n) is 8.20. The van der Waals surface area contributed by atoms with Gasteiger partial charge in [-0.1, -0.05) is 24.3 Å². The summed E-state index contributed by atoms with van der Waals surface area (Å²) in [6.07, 6.45) is -0.915. The van der Waals surface area contributed by atoms with E-state index in [4.69, 9.17) is 10.5 Å². The standard InChI is InChI=1S/C25H26BrF2N3O4/c1-14-9-21(35-13-18-7-8-19(27)10-20(18)28)22(26)25(34)31(14)12-17-5-3-16(4-6-17)11-30-23(15(2)32)24(29)33/h3-10,15,23,30,32H,11-13H2,1-2H3,(H2,29,33)/t15?,23-/m0/s1. The third kappa shape index (κ3) is 6.74. The van der Waals surface area contributed by atoms with Crippen molar-refractivity contribution in [1.29, 1.82) is 0 Å². The van der Waals surface area contributed by atoms with Crippen LogP contribution in [0.5, 0.6) is 5.75 Å². The summed E-state index contributed by atoms with van der Waals surface area (Å²) in [7, 11) is 0. The summed E-state index contributed by atoms with van der Waals surface area (Å²) < 4.78 is 34.4. The molecule has 1 unspecified atom stereocenters. The fraction of sp³-hybridized carbons (Fsp3) is 0.280. The van der Waals surface area contributed by atoms with Gasteiger partial charge in [0, 0.05) is 29.9 Å². The van der Waals surface area contributed by atoms with Crippen molar-refractivity contribution in [1.82, 2.24) is 9.88 Å². The zero-order valence-electron chi connectivity index (χ0n) is 19.2. The highest BCUT2D eigenvalue weighted by Gasteiger charge is 2.20. The second-order valence-corrected chi connectivity index (χ2v) is 8.99. The molecular formula is C25H26BrF2N3O4. The lowest BCUT2D eigenvalue weighted by Crippen LogP contribution is -2.47. The van der Waals surface area contributed by atoms with Gasteiger partial charge in [-0.3, -0.25) is 14.9 Å². The number of aromatic nitrogens is 1. The van der Waals surface area contributed by atoms with Crippen molar-refractivity contribution in [2.45, 2.75) is 45.7 Å². The monoisotopic (exact) mass is 549 g/mol. The van der Waals surface area contributed by atoms with Crippen molar-refractivity contribution in [3.05, 3.63) is 97.4 Å². The van der Waals surface area contributed by atoms with Gasteiger partial charge in [-0.05, 0) is 53.0 Å². The maximum Gasteiger partial charge on any atom is 0.269 e. The van der Waals surface area contributed by atoms with Crippen molar-refractivity contribution >= 4 is 21.8 Å². The molecule has 4 N–H and O–H groups in total. The molecule has 0 aliphatic heterocycles. The molecule has 2 aromatic carbocycles. The quantitative estimate of drug-likeness (QED) is 0.360. The van der Waals surface area contributed by atoms with Gasteiger partial charge in [0.15, 0.2) is 0 Å². The Morgan fingerprint density at radius 3 is 2.43 bits per heavy atom. The number of nitrogens with zero attached hydrogens (tertiary/aromatic N) is 1. The van der Waals surface area contributed by atoms with Crippen molar-refractivity contribution in [3.63, 3.8) is 0 Å². The van der Waals surface area contributed by atoms with Gasteiger partial charge in [0.2, 0.25) is 5.91 Å². The Labute approximate surface area is 209 Å². The van der Waals surface area contributed by atoms with Crippen molar-refractivity contribution < 1.29 is 23.4 Å². The van der Waals surface area contributed by atoms with E-state index in [1.54, 1.807) is 17.6 Å². The van der Waals surface area contributed by atoms with Gasteiger partial charge in [0.1, 0.15) is 34.5 Å². The van der Waals surface area contributed by atoms with Crippen LogP contribution in [0.2, 0.25) is 0 Å².